The fourth-order valence-electron chi connectivity index (χ4n) is 3.53. The van der Waals surface area contributed by atoms with Crippen LogP contribution in [0.15, 0.2) is 23.0 Å². The largest absolute Gasteiger partial charge is 0.444 e. The number of anilines is 1. The minimum atomic E-state index is -0.524. The van der Waals surface area contributed by atoms with E-state index in [4.69, 9.17) is 16.3 Å². The minimum Gasteiger partial charge on any atom is -0.444 e. The molecule has 152 valence electrons. The molecular formula is C20H27ClN4O3. The molecule has 0 saturated carbocycles. The standard InChI is InChI=1S/C20H27ClN4O3/c1-20(2,3)28-19(27)24-10-8-14(9-11-24)25-16-12-13(21)6-7-15(16)17(23(4)5)22-18(25)26/h6-7,12,14H,8-11H2,1-5H3. The highest BCUT2D eigenvalue weighted by molar-refractivity contribution is 6.31. The summed E-state index contributed by atoms with van der Waals surface area (Å²) in [6, 6.07) is 5.47. The monoisotopic (exact) mass is 406 g/mol. The molecule has 7 nitrogen and oxygen atoms in total. The molecule has 28 heavy (non-hydrogen) atoms. The van der Waals surface area contributed by atoms with Crippen LogP contribution in [0.2, 0.25) is 5.02 Å². The van der Waals surface area contributed by atoms with Crippen molar-refractivity contribution in [3.05, 3.63) is 33.7 Å². The molecule has 0 atom stereocenters. The number of fused-ring (bicyclic) bond motifs is 1. The third-order valence-corrected chi connectivity index (χ3v) is 5.01. The van der Waals surface area contributed by atoms with Crippen molar-refractivity contribution in [3.63, 3.8) is 0 Å². The second-order valence-corrected chi connectivity index (χ2v) is 8.78. The summed E-state index contributed by atoms with van der Waals surface area (Å²) in [5, 5.41) is 1.45. The van der Waals surface area contributed by atoms with Gasteiger partial charge in [-0.15, -0.1) is 0 Å². The van der Waals surface area contributed by atoms with Gasteiger partial charge in [0.2, 0.25) is 0 Å². The van der Waals surface area contributed by atoms with E-state index in [-0.39, 0.29) is 17.8 Å². The molecule has 2 aromatic rings. The Hall–Kier alpha value is -2.28. The Bertz CT molecular complexity index is 941. The first kappa shape index (κ1) is 20.5. The van der Waals surface area contributed by atoms with Crippen molar-refractivity contribution in [2.45, 2.75) is 45.3 Å². The summed E-state index contributed by atoms with van der Waals surface area (Å²) < 4.78 is 7.18. The van der Waals surface area contributed by atoms with Crippen LogP contribution >= 0.6 is 11.6 Å². The summed E-state index contributed by atoms with van der Waals surface area (Å²) in [5.41, 5.74) is -0.0508. The number of amides is 1. The van der Waals surface area contributed by atoms with E-state index in [1.165, 1.54) is 0 Å². The highest BCUT2D eigenvalue weighted by atomic mass is 35.5. The van der Waals surface area contributed by atoms with Gasteiger partial charge in [-0.25, -0.2) is 9.59 Å². The Labute approximate surface area is 169 Å². The Morgan fingerprint density at radius 3 is 2.46 bits per heavy atom. The summed E-state index contributed by atoms with van der Waals surface area (Å²) in [6.45, 7) is 6.62. The van der Waals surface area contributed by atoms with Crippen molar-refractivity contribution >= 4 is 34.4 Å². The molecule has 2 heterocycles. The number of ether oxygens (including phenoxy) is 1. The van der Waals surface area contributed by atoms with Crippen LogP contribution in [0.4, 0.5) is 10.6 Å². The number of rotatable bonds is 2. The smallest absolute Gasteiger partial charge is 0.410 e. The van der Waals surface area contributed by atoms with E-state index >= 15 is 0 Å². The van der Waals surface area contributed by atoms with Crippen LogP contribution in [0.1, 0.15) is 39.7 Å². The van der Waals surface area contributed by atoms with E-state index in [0.29, 0.717) is 36.8 Å². The molecule has 0 radical (unpaired) electrons. The second kappa shape index (κ2) is 7.62. The van der Waals surface area contributed by atoms with Crippen molar-refractivity contribution in [1.82, 2.24) is 14.5 Å². The van der Waals surface area contributed by atoms with Crippen molar-refractivity contribution < 1.29 is 9.53 Å². The number of hydrogen-bond acceptors (Lipinski definition) is 5. The van der Waals surface area contributed by atoms with Gasteiger partial charge in [0, 0.05) is 43.6 Å². The molecule has 1 aliphatic heterocycles. The molecular weight excluding hydrogens is 380 g/mol. The quantitative estimate of drug-likeness (QED) is 0.760. The first-order chi connectivity index (χ1) is 13.1. The van der Waals surface area contributed by atoms with Gasteiger partial charge in [0.25, 0.3) is 0 Å². The van der Waals surface area contributed by atoms with Gasteiger partial charge in [0.1, 0.15) is 11.4 Å². The number of aromatic nitrogens is 2. The highest BCUT2D eigenvalue weighted by Crippen LogP contribution is 2.30. The maximum atomic E-state index is 12.8. The van der Waals surface area contributed by atoms with Crippen molar-refractivity contribution in [2.75, 3.05) is 32.1 Å². The third-order valence-electron chi connectivity index (χ3n) is 4.77. The molecule has 1 aromatic heterocycles. The first-order valence-corrected chi connectivity index (χ1v) is 9.81. The van der Waals surface area contributed by atoms with E-state index in [1.807, 2.05) is 51.9 Å². The van der Waals surface area contributed by atoms with Crippen LogP contribution < -0.4 is 10.6 Å². The predicted octanol–water partition coefficient (Wildman–Crippen LogP) is 3.69. The van der Waals surface area contributed by atoms with Crippen LogP contribution in [0.5, 0.6) is 0 Å². The average Bonchev–Trinajstić information content (AvgIpc) is 2.59. The zero-order valence-electron chi connectivity index (χ0n) is 17.0. The SMILES string of the molecule is CN(C)c1nc(=O)n(C2CCN(C(=O)OC(C)(C)C)CC2)c2cc(Cl)ccc12. The predicted molar refractivity (Wildman–Crippen MR) is 111 cm³/mol. The lowest BCUT2D eigenvalue weighted by atomic mass is 10.0. The van der Waals surface area contributed by atoms with E-state index < -0.39 is 5.60 Å². The highest BCUT2D eigenvalue weighted by Gasteiger charge is 2.29. The fraction of sp³-hybridized carbons (Fsp3) is 0.550. The van der Waals surface area contributed by atoms with Crippen molar-refractivity contribution in [2.24, 2.45) is 0 Å². The Morgan fingerprint density at radius 2 is 1.89 bits per heavy atom. The normalized spacial score (nSPS) is 15.7. The van der Waals surface area contributed by atoms with Gasteiger partial charge in [-0.3, -0.25) is 4.57 Å². The van der Waals surface area contributed by atoms with Gasteiger partial charge >= 0.3 is 11.8 Å². The number of nitrogens with zero attached hydrogens (tertiary/aromatic N) is 4. The lowest BCUT2D eigenvalue weighted by molar-refractivity contribution is 0.0188. The first-order valence-electron chi connectivity index (χ1n) is 9.44. The number of piperidine rings is 1. The number of benzene rings is 1. The molecule has 0 bridgehead atoms. The summed E-state index contributed by atoms with van der Waals surface area (Å²) in [4.78, 5) is 33.0. The number of hydrogen-bond donors (Lipinski definition) is 0. The zero-order valence-corrected chi connectivity index (χ0v) is 17.8. The lowest BCUT2D eigenvalue weighted by Crippen LogP contribution is -2.43. The molecule has 0 unspecified atom stereocenters. The molecule has 3 rings (SSSR count). The molecule has 1 aromatic carbocycles. The van der Waals surface area contributed by atoms with Crippen LogP contribution in [0, 0.1) is 0 Å². The Morgan fingerprint density at radius 1 is 1.25 bits per heavy atom. The average molecular weight is 407 g/mol. The lowest BCUT2D eigenvalue weighted by Gasteiger charge is -2.34. The van der Waals surface area contributed by atoms with Crippen LogP contribution in [-0.4, -0.2) is 53.3 Å². The molecule has 1 amide bonds. The summed E-state index contributed by atoms with van der Waals surface area (Å²) in [5.74, 6) is 0.624. The minimum absolute atomic E-state index is 0.0455. The van der Waals surface area contributed by atoms with Gasteiger partial charge in [0.15, 0.2) is 0 Å². The van der Waals surface area contributed by atoms with Crippen LogP contribution in [0.25, 0.3) is 10.9 Å². The fourth-order valence-corrected chi connectivity index (χ4v) is 3.69. The summed E-state index contributed by atoms with van der Waals surface area (Å²) in [7, 11) is 3.72. The topological polar surface area (TPSA) is 67.7 Å². The molecule has 0 spiro atoms. The van der Waals surface area contributed by atoms with Gasteiger partial charge in [-0.1, -0.05) is 11.6 Å². The molecule has 1 saturated heterocycles. The maximum Gasteiger partial charge on any atom is 0.410 e. The van der Waals surface area contributed by atoms with E-state index in [1.54, 1.807) is 15.5 Å². The van der Waals surface area contributed by atoms with E-state index in [2.05, 4.69) is 4.98 Å². The van der Waals surface area contributed by atoms with Gasteiger partial charge in [-0.05, 0) is 51.8 Å². The summed E-state index contributed by atoms with van der Waals surface area (Å²) in [6.07, 6.45) is 1.00. The Kier molecular flexibility index (Phi) is 5.57. The van der Waals surface area contributed by atoms with Gasteiger partial charge < -0.3 is 14.5 Å². The molecule has 1 fully saturated rings. The second-order valence-electron chi connectivity index (χ2n) is 8.34. The van der Waals surface area contributed by atoms with Crippen LogP contribution in [0.3, 0.4) is 0 Å². The number of halogens is 1. The van der Waals surface area contributed by atoms with Crippen molar-refractivity contribution in [3.8, 4) is 0 Å². The number of likely N-dealkylation sites (tertiary alicyclic amines) is 1. The van der Waals surface area contributed by atoms with Crippen molar-refractivity contribution in [1.29, 1.82) is 0 Å². The molecule has 8 heteroatoms. The zero-order chi connectivity index (χ0) is 20.6. The van der Waals surface area contributed by atoms with E-state index in [0.717, 1.165) is 10.9 Å². The molecule has 1 aliphatic rings. The van der Waals surface area contributed by atoms with Crippen LogP contribution in [-0.2, 0) is 4.74 Å². The molecule has 0 aliphatic carbocycles. The summed E-state index contributed by atoms with van der Waals surface area (Å²) >= 11 is 6.22. The third kappa shape index (κ3) is 4.24. The van der Waals surface area contributed by atoms with E-state index in [9.17, 15) is 9.59 Å². The molecule has 0 N–H and O–H groups in total. The maximum absolute atomic E-state index is 12.8. The number of carbonyl (C=O) groups excluding carboxylic acids is 1. The number of carbonyl (C=O) groups is 1. The van der Waals surface area contributed by atoms with Gasteiger partial charge in [0.05, 0.1) is 5.52 Å². The Balaban J connectivity index is 1.90. The van der Waals surface area contributed by atoms with Gasteiger partial charge in [-0.2, -0.15) is 4.98 Å².